The highest BCUT2D eigenvalue weighted by atomic mass is 32.2. The number of pyridine rings is 1. The second kappa shape index (κ2) is 6.56. The molecule has 2 aromatic heterocycles. The molecule has 0 saturated heterocycles. The number of nitrogens with zero attached hydrogens (tertiary/aromatic N) is 3. The maximum Gasteiger partial charge on any atom is 0.206 e. The van der Waals surface area contributed by atoms with Crippen LogP contribution in [0.2, 0.25) is 0 Å². The van der Waals surface area contributed by atoms with E-state index in [1.54, 1.807) is 23.1 Å². The van der Waals surface area contributed by atoms with E-state index in [1.165, 1.54) is 0 Å². The van der Waals surface area contributed by atoms with Crippen molar-refractivity contribution in [1.82, 2.24) is 15.2 Å². The Morgan fingerprint density at radius 1 is 1.35 bits per heavy atom. The molecule has 0 fully saturated rings. The molecular formula is C11H14N4S2. The number of hydrogen-bond donors (Lipinski definition) is 1. The molecule has 0 aromatic carbocycles. The average molecular weight is 266 g/mol. The van der Waals surface area contributed by atoms with Crippen molar-refractivity contribution >= 4 is 28.2 Å². The first kappa shape index (κ1) is 12.3. The molecule has 0 radical (unpaired) electrons. The lowest BCUT2D eigenvalue weighted by atomic mass is 10.3. The first-order valence-electron chi connectivity index (χ1n) is 5.48. The molecule has 6 heteroatoms. The number of thioether (sulfide) groups is 1. The second-order valence-electron chi connectivity index (χ2n) is 3.32. The normalized spacial score (nSPS) is 10.4. The molecule has 0 atom stereocenters. The van der Waals surface area contributed by atoms with Crippen molar-refractivity contribution in [1.29, 1.82) is 0 Å². The fourth-order valence-corrected chi connectivity index (χ4v) is 3.13. The zero-order valence-corrected chi connectivity index (χ0v) is 11.2. The van der Waals surface area contributed by atoms with Gasteiger partial charge < -0.3 is 5.32 Å². The fraction of sp³-hybridized carbons (Fsp3) is 0.364. The van der Waals surface area contributed by atoms with Crippen molar-refractivity contribution < 1.29 is 0 Å². The van der Waals surface area contributed by atoms with Gasteiger partial charge in [0.05, 0.1) is 0 Å². The molecule has 0 saturated carbocycles. The summed E-state index contributed by atoms with van der Waals surface area (Å²) < 4.78 is 1.01. The molecule has 4 nitrogen and oxygen atoms in total. The first-order valence-corrected chi connectivity index (χ1v) is 7.29. The van der Waals surface area contributed by atoms with Gasteiger partial charge in [0.15, 0.2) is 4.34 Å². The van der Waals surface area contributed by atoms with E-state index >= 15 is 0 Å². The van der Waals surface area contributed by atoms with Crippen molar-refractivity contribution in [3.8, 4) is 0 Å². The van der Waals surface area contributed by atoms with E-state index in [1.807, 2.05) is 24.4 Å². The molecule has 2 aromatic rings. The molecule has 0 aliphatic rings. The van der Waals surface area contributed by atoms with Crippen LogP contribution < -0.4 is 5.32 Å². The molecule has 2 rings (SSSR count). The predicted molar refractivity (Wildman–Crippen MR) is 72.7 cm³/mol. The summed E-state index contributed by atoms with van der Waals surface area (Å²) in [5.41, 5.74) is 1.12. The zero-order valence-electron chi connectivity index (χ0n) is 9.59. The quantitative estimate of drug-likeness (QED) is 0.815. The van der Waals surface area contributed by atoms with Gasteiger partial charge in [-0.3, -0.25) is 4.98 Å². The van der Waals surface area contributed by atoms with Gasteiger partial charge in [-0.25, -0.2) is 0 Å². The molecule has 0 bridgehead atoms. The van der Waals surface area contributed by atoms with Gasteiger partial charge in [0.1, 0.15) is 0 Å². The molecular weight excluding hydrogens is 252 g/mol. The van der Waals surface area contributed by atoms with Crippen LogP contribution in [0.15, 0.2) is 28.7 Å². The Morgan fingerprint density at radius 2 is 2.29 bits per heavy atom. The van der Waals surface area contributed by atoms with Crippen LogP contribution in [-0.2, 0) is 6.42 Å². The van der Waals surface area contributed by atoms with Crippen LogP contribution in [-0.4, -0.2) is 27.5 Å². The highest BCUT2D eigenvalue weighted by Gasteiger charge is 2.03. The maximum absolute atomic E-state index is 4.29. The summed E-state index contributed by atoms with van der Waals surface area (Å²) in [6.45, 7) is 2.93. The maximum atomic E-state index is 4.29. The predicted octanol–water partition coefficient (Wildman–Crippen LogP) is 2.70. The first-order chi connectivity index (χ1) is 8.38. The molecule has 1 N–H and O–H groups in total. The van der Waals surface area contributed by atoms with E-state index in [0.29, 0.717) is 0 Å². The van der Waals surface area contributed by atoms with Gasteiger partial charge in [-0.1, -0.05) is 29.2 Å². The third-order valence-electron chi connectivity index (χ3n) is 2.04. The van der Waals surface area contributed by atoms with Crippen LogP contribution in [0.1, 0.15) is 12.6 Å². The highest BCUT2D eigenvalue weighted by Crippen LogP contribution is 2.25. The Morgan fingerprint density at radius 3 is 3.06 bits per heavy atom. The molecule has 0 unspecified atom stereocenters. The number of aryl methyl sites for hydroxylation is 1. The summed E-state index contributed by atoms with van der Waals surface area (Å²) in [5, 5.41) is 12.2. The van der Waals surface area contributed by atoms with Gasteiger partial charge >= 0.3 is 0 Å². The van der Waals surface area contributed by atoms with Gasteiger partial charge in [0.2, 0.25) is 5.13 Å². The van der Waals surface area contributed by atoms with Gasteiger partial charge in [-0.05, 0) is 25.5 Å². The van der Waals surface area contributed by atoms with Crippen molar-refractivity contribution in [3.05, 3.63) is 30.1 Å². The molecule has 2 heterocycles. The molecule has 0 spiro atoms. The molecule has 90 valence electrons. The highest BCUT2D eigenvalue weighted by molar-refractivity contribution is 8.01. The second-order valence-corrected chi connectivity index (χ2v) is 5.64. The van der Waals surface area contributed by atoms with E-state index in [2.05, 4.69) is 27.4 Å². The summed E-state index contributed by atoms with van der Waals surface area (Å²) in [6, 6.07) is 6.00. The van der Waals surface area contributed by atoms with E-state index in [-0.39, 0.29) is 0 Å². The Labute approximate surface area is 109 Å². The van der Waals surface area contributed by atoms with Crippen LogP contribution in [0.4, 0.5) is 5.13 Å². The van der Waals surface area contributed by atoms with Gasteiger partial charge in [0, 0.05) is 24.2 Å². The van der Waals surface area contributed by atoms with Gasteiger partial charge in [-0.15, -0.1) is 10.2 Å². The summed E-state index contributed by atoms with van der Waals surface area (Å²) in [5.74, 6) is 0.984. The summed E-state index contributed by atoms with van der Waals surface area (Å²) in [6.07, 6.45) is 2.79. The minimum atomic E-state index is 0.882. The Balaban J connectivity index is 1.78. The largest absolute Gasteiger partial charge is 0.360 e. The third kappa shape index (κ3) is 3.98. The van der Waals surface area contributed by atoms with Crippen LogP contribution in [0.25, 0.3) is 0 Å². The smallest absolute Gasteiger partial charge is 0.206 e. The number of hydrogen-bond acceptors (Lipinski definition) is 6. The monoisotopic (exact) mass is 266 g/mol. The Bertz CT molecular complexity index is 444. The number of anilines is 1. The Hall–Kier alpha value is -1.14. The summed E-state index contributed by atoms with van der Waals surface area (Å²) in [4.78, 5) is 4.29. The van der Waals surface area contributed by atoms with Crippen molar-refractivity contribution in [2.24, 2.45) is 0 Å². The van der Waals surface area contributed by atoms with Crippen molar-refractivity contribution in [2.75, 3.05) is 17.6 Å². The number of nitrogens with one attached hydrogen (secondary N) is 1. The van der Waals surface area contributed by atoms with Gasteiger partial charge in [0.25, 0.3) is 0 Å². The summed E-state index contributed by atoms with van der Waals surface area (Å²) >= 11 is 3.33. The molecule has 0 aliphatic carbocycles. The summed E-state index contributed by atoms with van der Waals surface area (Å²) in [7, 11) is 0. The van der Waals surface area contributed by atoms with E-state index in [4.69, 9.17) is 0 Å². The van der Waals surface area contributed by atoms with E-state index < -0.39 is 0 Å². The molecule has 0 aliphatic heterocycles. The average Bonchev–Trinajstić information content (AvgIpc) is 2.79. The number of aromatic nitrogens is 3. The SMILES string of the molecule is CCNc1nnc(SCCc2ccccn2)s1. The van der Waals surface area contributed by atoms with Gasteiger partial charge in [-0.2, -0.15) is 0 Å². The lowest BCUT2D eigenvalue weighted by Gasteiger charge is -1.97. The lowest BCUT2D eigenvalue weighted by Crippen LogP contribution is -1.94. The standard InChI is InChI=1S/C11H14N4S2/c1-2-12-10-14-15-11(17-10)16-8-6-9-5-3-4-7-13-9/h3-5,7H,2,6,8H2,1H3,(H,12,14). The van der Waals surface area contributed by atoms with E-state index in [9.17, 15) is 0 Å². The Kier molecular flexibility index (Phi) is 4.75. The topological polar surface area (TPSA) is 50.7 Å². The van der Waals surface area contributed by atoms with Crippen LogP contribution in [0, 0.1) is 0 Å². The number of rotatable bonds is 6. The third-order valence-corrected chi connectivity index (χ3v) is 4.06. The molecule has 0 amide bonds. The van der Waals surface area contributed by atoms with E-state index in [0.717, 1.165) is 33.9 Å². The fourth-order valence-electron chi connectivity index (χ4n) is 1.28. The van der Waals surface area contributed by atoms with Crippen LogP contribution >= 0.6 is 23.1 Å². The minimum Gasteiger partial charge on any atom is -0.360 e. The minimum absolute atomic E-state index is 0.882. The molecule has 17 heavy (non-hydrogen) atoms. The van der Waals surface area contributed by atoms with Crippen LogP contribution in [0.5, 0.6) is 0 Å². The van der Waals surface area contributed by atoms with Crippen LogP contribution in [0.3, 0.4) is 0 Å². The van der Waals surface area contributed by atoms with Crippen molar-refractivity contribution in [3.63, 3.8) is 0 Å². The lowest BCUT2D eigenvalue weighted by molar-refractivity contribution is 0.995. The van der Waals surface area contributed by atoms with Crippen molar-refractivity contribution in [2.45, 2.75) is 17.7 Å². The zero-order chi connectivity index (χ0) is 11.9.